The van der Waals surface area contributed by atoms with Gasteiger partial charge in [-0.1, -0.05) is 39.8 Å². The molecule has 0 saturated carbocycles. The first kappa shape index (κ1) is 21.8. The maximum Gasteiger partial charge on any atom is 0.187 e. The molecule has 1 atom stereocenters. The van der Waals surface area contributed by atoms with Crippen LogP contribution in [0.5, 0.6) is 0 Å². The summed E-state index contributed by atoms with van der Waals surface area (Å²) >= 11 is 1.89. The number of rotatable bonds is 4. The smallest absolute Gasteiger partial charge is 0.187 e. The molecule has 0 radical (unpaired) electrons. The van der Waals surface area contributed by atoms with Crippen LogP contribution in [0.25, 0.3) is 10.2 Å². The molecule has 6 heteroatoms. The largest absolute Gasteiger partial charge is 0.370 e. The van der Waals surface area contributed by atoms with Crippen LogP contribution in [0.3, 0.4) is 0 Å². The molecular weight excluding hydrogens is 416 g/mol. The van der Waals surface area contributed by atoms with Crippen molar-refractivity contribution in [1.82, 2.24) is 9.97 Å². The number of benzene rings is 1. The molecule has 2 N–H and O–H groups in total. The van der Waals surface area contributed by atoms with Gasteiger partial charge < -0.3 is 15.0 Å². The van der Waals surface area contributed by atoms with Crippen LogP contribution < -0.4 is 10.2 Å². The summed E-state index contributed by atoms with van der Waals surface area (Å²) in [6.07, 6.45) is 3.55. The quantitative estimate of drug-likeness (QED) is 0.622. The molecule has 32 heavy (non-hydrogen) atoms. The monoisotopic (exact) mass is 451 g/mol. The van der Waals surface area contributed by atoms with Crippen molar-refractivity contribution in [2.75, 3.05) is 31.6 Å². The van der Waals surface area contributed by atoms with Gasteiger partial charge in [0.25, 0.3) is 0 Å². The van der Waals surface area contributed by atoms with Gasteiger partial charge in [-0.25, -0.2) is 9.97 Å². The molecule has 5 rings (SSSR count). The highest BCUT2D eigenvalue weighted by Gasteiger charge is 2.25. The van der Waals surface area contributed by atoms with Crippen LogP contribution in [0.4, 0.5) is 11.5 Å². The summed E-state index contributed by atoms with van der Waals surface area (Å²) in [5.74, 6) is 2.67. The van der Waals surface area contributed by atoms with Crippen molar-refractivity contribution >= 4 is 33.1 Å². The number of morpholine rings is 1. The molecule has 3 aromatic rings. The van der Waals surface area contributed by atoms with Gasteiger partial charge in [-0.15, -0.1) is 11.3 Å². The van der Waals surface area contributed by atoms with Gasteiger partial charge in [-0.05, 0) is 53.9 Å². The third-order valence-corrected chi connectivity index (χ3v) is 7.97. The molecule has 1 saturated heterocycles. The van der Waals surface area contributed by atoms with Gasteiger partial charge in [0.15, 0.2) is 5.82 Å². The number of hydrogen-bond donors (Lipinski definition) is 2. The van der Waals surface area contributed by atoms with Gasteiger partial charge in [0.2, 0.25) is 0 Å². The summed E-state index contributed by atoms with van der Waals surface area (Å²) in [5, 5.41) is 4.92. The zero-order chi connectivity index (χ0) is 22.3. The van der Waals surface area contributed by atoms with E-state index in [2.05, 4.69) is 57.3 Å². The van der Waals surface area contributed by atoms with Crippen LogP contribution in [0, 0.1) is 5.92 Å². The van der Waals surface area contributed by atoms with Crippen LogP contribution in [-0.4, -0.2) is 36.3 Å². The lowest BCUT2D eigenvalue weighted by molar-refractivity contribution is -0.922. The minimum absolute atomic E-state index is 0.151. The van der Waals surface area contributed by atoms with Crippen molar-refractivity contribution < 1.29 is 9.64 Å². The van der Waals surface area contributed by atoms with Crippen molar-refractivity contribution in [3.05, 3.63) is 46.1 Å². The number of quaternary nitrogens is 1. The molecule has 3 heterocycles. The Morgan fingerprint density at radius 1 is 1.12 bits per heavy atom. The first-order chi connectivity index (χ1) is 15.4. The Balaban J connectivity index is 1.52. The van der Waals surface area contributed by atoms with Crippen LogP contribution in [-0.2, 0) is 29.5 Å². The van der Waals surface area contributed by atoms with E-state index in [0.29, 0.717) is 0 Å². The van der Waals surface area contributed by atoms with Gasteiger partial charge >= 0.3 is 0 Å². The van der Waals surface area contributed by atoms with Crippen molar-refractivity contribution in [3.8, 4) is 0 Å². The van der Waals surface area contributed by atoms with Gasteiger partial charge in [-0.3, -0.25) is 0 Å². The summed E-state index contributed by atoms with van der Waals surface area (Å²) in [6.45, 7) is 13.7. The van der Waals surface area contributed by atoms with Gasteiger partial charge in [-0.2, -0.15) is 0 Å². The average Bonchev–Trinajstić information content (AvgIpc) is 3.11. The minimum Gasteiger partial charge on any atom is -0.370 e. The molecule has 1 fully saturated rings. The summed E-state index contributed by atoms with van der Waals surface area (Å²) in [5.41, 5.74) is 4.06. The standard InChI is InChI=1S/C26H34N4OS/c1-17-5-10-20-21(15-17)32-25-23(20)24(27-19-8-6-18(7-9-19)26(2,3)4)28-22(29-25)16-30-11-13-31-14-12-30/h6-9,17H,5,10-16H2,1-4H3,(H,27,28,29)/p+1/t17-/m0/s1. The van der Waals surface area contributed by atoms with E-state index < -0.39 is 0 Å². The van der Waals surface area contributed by atoms with E-state index in [1.165, 1.54) is 39.1 Å². The molecule has 0 spiro atoms. The molecule has 2 aliphatic rings. The highest BCUT2D eigenvalue weighted by molar-refractivity contribution is 7.19. The van der Waals surface area contributed by atoms with E-state index >= 15 is 0 Å². The summed E-state index contributed by atoms with van der Waals surface area (Å²) in [4.78, 5) is 14.3. The first-order valence-corrected chi connectivity index (χ1v) is 12.8. The molecule has 0 bridgehead atoms. The normalized spacial score (nSPS) is 19.8. The van der Waals surface area contributed by atoms with Crippen molar-refractivity contribution in [2.24, 2.45) is 5.92 Å². The number of fused-ring (bicyclic) bond motifs is 3. The molecule has 0 unspecified atom stereocenters. The number of hydrogen-bond acceptors (Lipinski definition) is 5. The number of aryl methyl sites for hydroxylation is 1. The number of nitrogens with zero attached hydrogens (tertiary/aromatic N) is 2. The molecule has 2 aromatic heterocycles. The second-order valence-electron chi connectivity index (χ2n) is 10.5. The lowest BCUT2D eigenvalue weighted by Gasteiger charge is -2.23. The van der Waals surface area contributed by atoms with E-state index in [1.807, 2.05) is 11.3 Å². The predicted octanol–water partition coefficient (Wildman–Crippen LogP) is 4.27. The molecule has 170 valence electrons. The topological polar surface area (TPSA) is 51.5 Å². The summed E-state index contributed by atoms with van der Waals surface area (Å²) < 4.78 is 5.54. The van der Waals surface area contributed by atoms with Gasteiger partial charge in [0, 0.05) is 10.6 Å². The molecule has 0 amide bonds. The minimum atomic E-state index is 0.151. The van der Waals surface area contributed by atoms with Crippen molar-refractivity contribution in [1.29, 1.82) is 0 Å². The molecular formula is C26H35N4OS+. The Kier molecular flexibility index (Phi) is 5.95. The van der Waals surface area contributed by atoms with Gasteiger partial charge in [0.05, 0.1) is 18.6 Å². The average molecular weight is 452 g/mol. The van der Waals surface area contributed by atoms with E-state index in [-0.39, 0.29) is 5.41 Å². The number of nitrogens with one attached hydrogen (secondary N) is 2. The van der Waals surface area contributed by atoms with E-state index in [4.69, 9.17) is 14.7 Å². The van der Waals surface area contributed by atoms with Crippen LogP contribution >= 0.6 is 11.3 Å². The molecule has 5 nitrogen and oxygen atoms in total. The van der Waals surface area contributed by atoms with Crippen LogP contribution in [0.2, 0.25) is 0 Å². The Morgan fingerprint density at radius 3 is 2.59 bits per heavy atom. The summed E-state index contributed by atoms with van der Waals surface area (Å²) in [6, 6.07) is 8.82. The Hall–Kier alpha value is -2.02. The van der Waals surface area contributed by atoms with E-state index in [0.717, 1.165) is 67.3 Å². The van der Waals surface area contributed by atoms with Gasteiger partial charge in [0.1, 0.15) is 30.3 Å². The molecule has 1 aromatic carbocycles. The predicted molar refractivity (Wildman–Crippen MR) is 132 cm³/mol. The maximum absolute atomic E-state index is 5.54. The van der Waals surface area contributed by atoms with E-state index in [9.17, 15) is 0 Å². The zero-order valence-corrected chi connectivity index (χ0v) is 20.6. The fraction of sp³-hybridized carbons (Fsp3) is 0.538. The number of ether oxygens (including phenoxy) is 1. The second kappa shape index (κ2) is 8.73. The van der Waals surface area contributed by atoms with Crippen molar-refractivity contribution in [2.45, 2.75) is 58.9 Å². The highest BCUT2D eigenvalue weighted by atomic mass is 32.1. The Labute approximate surface area is 195 Å². The van der Waals surface area contributed by atoms with Crippen LogP contribution in [0.1, 0.15) is 55.9 Å². The number of thiophene rings is 1. The van der Waals surface area contributed by atoms with E-state index in [1.54, 1.807) is 0 Å². The fourth-order valence-electron chi connectivity index (χ4n) is 4.81. The third kappa shape index (κ3) is 4.54. The lowest BCUT2D eigenvalue weighted by atomic mass is 9.87. The Bertz CT molecular complexity index is 1090. The third-order valence-electron chi connectivity index (χ3n) is 6.82. The lowest BCUT2D eigenvalue weighted by Crippen LogP contribution is -3.12. The Morgan fingerprint density at radius 2 is 1.88 bits per heavy atom. The molecule has 1 aliphatic heterocycles. The fourth-order valence-corrected chi connectivity index (χ4v) is 6.21. The number of anilines is 2. The SMILES string of the molecule is C[C@H]1CCc2c(sc3nc(C[NH+]4CCOCC4)nc(Nc4ccc(C(C)(C)C)cc4)c23)C1. The highest BCUT2D eigenvalue weighted by Crippen LogP contribution is 2.40. The molecule has 1 aliphatic carbocycles. The van der Waals surface area contributed by atoms with Crippen LogP contribution in [0.15, 0.2) is 24.3 Å². The summed E-state index contributed by atoms with van der Waals surface area (Å²) in [7, 11) is 0. The maximum atomic E-state index is 5.54. The second-order valence-corrected chi connectivity index (χ2v) is 11.6. The van der Waals surface area contributed by atoms with Crippen molar-refractivity contribution in [3.63, 3.8) is 0 Å². The first-order valence-electron chi connectivity index (χ1n) is 12.0. The zero-order valence-electron chi connectivity index (χ0n) is 19.8. The number of aromatic nitrogens is 2.